The maximum Gasteiger partial charge on any atom is 0.364 e. The molecule has 0 aromatic heterocycles. The van der Waals surface area contributed by atoms with Crippen LogP contribution in [0.2, 0.25) is 0 Å². The molecule has 32 heteroatoms. The monoisotopic (exact) mass is 1030 g/mol. The van der Waals surface area contributed by atoms with E-state index < -0.39 is 229 Å². The number of carbonyl (C=O) groups excluding carboxylic acids is 1. The minimum atomic E-state index is -2.20. The van der Waals surface area contributed by atoms with Gasteiger partial charge in [-0.3, -0.25) is 0 Å². The molecule has 0 aromatic carbocycles. The highest BCUT2D eigenvalue weighted by Gasteiger charge is 2.59. The van der Waals surface area contributed by atoms with Crippen LogP contribution in [0.4, 0.5) is 4.79 Å². The van der Waals surface area contributed by atoms with E-state index in [4.69, 9.17) is 61.6 Å². The zero-order chi connectivity index (χ0) is 50.3. The maximum absolute atomic E-state index is 12.3. The highest BCUT2D eigenvalue weighted by atomic mass is 32.1. The Morgan fingerprint density at radius 3 is 0.696 bits per heavy atom. The summed E-state index contributed by atoms with van der Waals surface area (Å²) in [5, 5.41) is 185. The average molecular weight is 1030 g/mol. The highest BCUT2D eigenvalue weighted by molar-refractivity contribution is 7.96. The Morgan fingerprint density at radius 1 is 0.304 bits per heavy atom. The van der Waals surface area contributed by atoms with Crippen molar-refractivity contribution in [1.29, 1.82) is 0 Å². The molecule has 22 aliphatic heterocycles. The summed E-state index contributed by atoms with van der Waals surface area (Å²) in [5.74, 6) is 0. The van der Waals surface area contributed by atoms with E-state index in [0.29, 0.717) is 0 Å². The smallest absolute Gasteiger partial charge is 0.364 e. The summed E-state index contributed by atoms with van der Waals surface area (Å²) in [6.07, 6.45) is -59.4. The van der Waals surface area contributed by atoms with Gasteiger partial charge in [0.05, 0.1) is 39.6 Å². The lowest BCUT2D eigenvalue weighted by atomic mass is 9.94. The first kappa shape index (κ1) is 55.4. The highest BCUT2D eigenvalue weighted by Crippen LogP contribution is 2.38. The molecule has 12 bridgehead atoms. The molecule has 22 aliphatic rings. The van der Waals surface area contributed by atoms with E-state index in [1.807, 2.05) is 0 Å². The molecule has 0 spiro atoms. The van der Waals surface area contributed by atoms with Crippen molar-refractivity contribution in [3.05, 3.63) is 0 Å². The van der Waals surface area contributed by atoms with E-state index in [1.54, 1.807) is 0 Å². The Hall–Kier alpha value is -1.34. The second-order valence-electron chi connectivity index (χ2n) is 17.2. The Bertz CT molecular complexity index is 1630. The van der Waals surface area contributed by atoms with Gasteiger partial charge in [0.25, 0.3) is 0 Å². The summed E-state index contributed by atoms with van der Waals surface area (Å²) in [7, 11) is 0. The number of carbonyl (C=O) groups is 1. The van der Waals surface area contributed by atoms with Gasteiger partial charge in [-0.05, 0) is 0 Å². The lowest BCUT2D eigenvalue weighted by Gasteiger charge is -2.51. The van der Waals surface area contributed by atoms with Crippen LogP contribution in [0.5, 0.6) is 0 Å². The quantitative estimate of drug-likeness (QED) is 0.0831. The van der Waals surface area contributed by atoms with Gasteiger partial charge in [0, 0.05) is 0 Å². The van der Waals surface area contributed by atoms with Gasteiger partial charge >= 0.3 is 5.30 Å². The van der Waals surface area contributed by atoms with Crippen LogP contribution in [0.25, 0.3) is 0 Å². The third kappa shape index (κ3) is 11.1. The van der Waals surface area contributed by atoms with Crippen molar-refractivity contribution in [2.75, 3.05) is 39.6 Å². The number of ether oxygens (including phenoxy) is 13. The molecular formula is C37H60O31S. The van der Waals surface area contributed by atoms with Crippen molar-refractivity contribution >= 4 is 17.9 Å². The third-order valence-electron chi connectivity index (χ3n) is 12.9. The van der Waals surface area contributed by atoms with E-state index in [2.05, 4.69) is 12.6 Å². The van der Waals surface area contributed by atoms with E-state index in [-0.39, 0.29) is 0 Å². The van der Waals surface area contributed by atoms with Crippen LogP contribution in [0.15, 0.2) is 0 Å². The van der Waals surface area contributed by atoms with Gasteiger partial charge in [0.1, 0.15) is 140 Å². The number of rotatable bonds is 7. The van der Waals surface area contributed by atoms with Gasteiger partial charge in [-0.1, -0.05) is 12.6 Å². The maximum atomic E-state index is 12.3. The largest absolute Gasteiger partial charge is 0.449 e. The summed E-state index contributed by atoms with van der Waals surface area (Å²) in [6.45, 7) is -6.16. The predicted octanol–water partition coefficient (Wildman–Crippen LogP) is -12.0. The summed E-state index contributed by atoms with van der Waals surface area (Å²) >= 11 is 3.59. The topological polar surface area (TPSA) is 481 Å². The van der Waals surface area contributed by atoms with Crippen molar-refractivity contribution in [1.82, 2.24) is 0 Å². The van der Waals surface area contributed by atoms with Crippen LogP contribution >= 0.6 is 12.6 Å². The Morgan fingerprint density at radius 2 is 0.493 bits per heavy atom. The molecule has 0 aliphatic carbocycles. The lowest BCUT2D eigenvalue weighted by Crippen LogP contribution is -2.69. The van der Waals surface area contributed by atoms with Crippen LogP contribution in [0.3, 0.4) is 0 Å². The minimum absolute atomic E-state index is 1.01. The fourth-order valence-corrected chi connectivity index (χ4v) is 9.29. The number of hydrogen-bond donors (Lipinski definition) is 18. The molecule has 22 saturated heterocycles. The fraction of sp³-hybridized carbons (Fsp3) is 0.973. The van der Waals surface area contributed by atoms with E-state index >= 15 is 0 Å². The predicted molar refractivity (Wildman–Crippen MR) is 209 cm³/mol. The van der Waals surface area contributed by atoms with Gasteiger partial charge < -0.3 is 148 Å². The Labute approximate surface area is 394 Å². The van der Waals surface area contributed by atoms with Crippen LogP contribution in [-0.4, -0.2) is 316 Å². The normalized spacial score (nSPS) is 53.4. The molecule has 22 rings (SSSR count). The molecule has 0 amide bonds. The van der Waals surface area contributed by atoms with Gasteiger partial charge in [0.15, 0.2) is 43.8 Å². The first-order valence-corrected chi connectivity index (χ1v) is 22.2. The zero-order valence-electron chi connectivity index (χ0n) is 35.8. The van der Waals surface area contributed by atoms with Crippen LogP contribution in [0.1, 0.15) is 0 Å². The lowest BCUT2D eigenvalue weighted by molar-refractivity contribution is -0.403. The average Bonchev–Trinajstić information content (AvgIpc) is 3.33. The second kappa shape index (κ2) is 23.5. The molecule has 69 heavy (non-hydrogen) atoms. The molecule has 0 saturated carbocycles. The van der Waals surface area contributed by atoms with Crippen molar-refractivity contribution < 1.29 is 153 Å². The summed E-state index contributed by atoms with van der Waals surface area (Å²) in [6, 6.07) is 0. The van der Waals surface area contributed by atoms with Crippen molar-refractivity contribution in [2.24, 2.45) is 0 Å². The Balaban J connectivity index is 1.22. The van der Waals surface area contributed by atoms with E-state index in [0.717, 1.165) is 0 Å². The van der Waals surface area contributed by atoms with Crippen LogP contribution in [0, 0.1) is 0 Å². The van der Waals surface area contributed by atoms with Gasteiger partial charge in [0.2, 0.25) is 0 Å². The molecule has 0 aromatic rings. The van der Waals surface area contributed by atoms with Crippen molar-refractivity contribution in [2.45, 2.75) is 184 Å². The molecular weight excluding hydrogens is 972 g/mol. The van der Waals surface area contributed by atoms with Crippen molar-refractivity contribution in [3.63, 3.8) is 0 Å². The van der Waals surface area contributed by atoms with Gasteiger partial charge in [-0.15, -0.1) is 0 Å². The molecule has 0 unspecified atom stereocenters. The number of aliphatic hydroxyl groups excluding tert-OH is 17. The molecule has 22 fully saturated rings. The third-order valence-corrected chi connectivity index (χ3v) is 13.0. The molecule has 22 heterocycles. The van der Waals surface area contributed by atoms with E-state index in [1.165, 1.54) is 0 Å². The summed E-state index contributed by atoms with van der Waals surface area (Å²) in [4.78, 5) is 12.3. The van der Waals surface area contributed by atoms with Crippen molar-refractivity contribution in [3.8, 4) is 0 Å². The summed E-state index contributed by atoms with van der Waals surface area (Å²) < 4.78 is 73.5. The molecule has 31 nitrogen and oxygen atoms in total. The second-order valence-corrected chi connectivity index (χ2v) is 17.6. The molecule has 17 N–H and O–H groups in total. The SMILES string of the molecule is O=C(S)O[C@@H]1[C@@H](O)[C@H]2O[C@H]3[C@H](O)[C@@H](O)[C@@H](O[C@H]4[C@H](O)[C@@H](O)[C@@H](O[C@H]5[C@H](O)[C@@H](O)[C@@H](O[C@H]6[C@H](O)[C@@H](O)[C@@H](O[C@H]7[C@H](O)[C@@H](O)[C@@H](O[C@H]1[C@@H](CO)O2)O[C@@H]7CO)O[C@@H]6CO)O[C@@H]5CO)O[C@@H]4CO)O[C@@H]3CO. The summed E-state index contributed by atoms with van der Waals surface area (Å²) in [5.41, 5.74) is 0. The Kier molecular flexibility index (Phi) is 18.8. The molecule has 400 valence electrons. The first-order valence-electron chi connectivity index (χ1n) is 21.7. The number of aliphatic hydroxyl groups is 17. The zero-order valence-corrected chi connectivity index (χ0v) is 36.7. The fourth-order valence-electron chi connectivity index (χ4n) is 9.16. The minimum Gasteiger partial charge on any atom is -0.449 e. The van der Waals surface area contributed by atoms with Gasteiger partial charge in [-0.2, -0.15) is 0 Å². The molecule has 30 atom stereocenters. The van der Waals surface area contributed by atoms with Crippen LogP contribution < -0.4 is 0 Å². The molecule has 0 radical (unpaired) electrons. The first-order chi connectivity index (χ1) is 32.8. The van der Waals surface area contributed by atoms with Gasteiger partial charge in [-0.25, -0.2) is 4.79 Å². The number of thiol groups is 1. The van der Waals surface area contributed by atoms with Crippen LogP contribution in [-0.2, 0) is 61.6 Å². The number of hydrogen-bond acceptors (Lipinski definition) is 31. The standard InChI is InChI=1S/C37H60O31S/c38-1-7-24-13(44)18(49)31(56-7)63-25-8(2-39)58-33(20(51)15(25)46)65-27-10(4-41)60-35(22(53)17(27)48)67-29-12(6-43)61-36(23(54)30(29)68-37(55)69)66-28-11(5-42)59-34(21(52)16(28)47)64-26-9(3-40)57-32(62-24)19(50)14(26)45/h7-36,38-54H,1-6H2,(H,55,69)/t7-,8-,9-,10-,11-,12-,13-,14-,15-,16-,17-,18-,19-,20-,21-,22-,23-,24-,25-,26-,27-,28-,29+,30-,31-,32-,33-,34-,35-,36-/m1/s1. The van der Waals surface area contributed by atoms with E-state index in [9.17, 15) is 91.6 Å².